The van der Waals surface area contributed by atoms with E-state index in [9.17, 15) is 0 Å². The third-order valence-electron chi connectivity index (χ3n) is 4.56. The van der Waals surface area contributed by atoms with Crippen LogP contribution in [-0.2, 0) is 4.74 Å². The first-order chi connectivity index (χ1) is 8.34. The minimum atomic E-state index is 0.729. The standard InChI is InChI=1S/C13H23N3O/c14-13(16-4-6-17-7-5-16)15-9-11-8-12(11)10-2-1-3-10/h10-12H,1-9H2,(H2,14,15)/t11-,12-/m0/s1. The van der Waals surface area contributed by atoms with Gasteiger partial charge in [-0.2, -0.15) is 0 Å². The number of nitrogens with zero attached hydrogens (tertiary/aromatic N) is 2. The molecule has 4 heteroatoms. The summed E-state index contributed by atoms with van der Waals surface area (Å²) in [5.74, 6) is 3.57. The molecule has 3 aliphatic rings. The highest BCUT2D eigenvalue weighted by atomic mass is 16.5. The number of guanidine groups is 1. The molecule has 2 N–H and O–H groups in total. The van der Waals surface area contributed by atoms with Crippen molar-refractivity contribution in [1.29, 1.82) is 0 Å². The number of nitrogens with two attached hydrogens (primary N) is 1. The van der Waals surface area contributed by atoms with Crippen LogP contribution in [0.25, 0.3) is 0 Å². The second kappa shape index (κ2) is 4.84. The summed E-state index contributed by atoms with van der Waals surface area (Å²) in [4.78, 5) is 6.71. The Labute approximate surface area is 103 Å². The van der Waals surface area contributed by atoms with E-state index in [-0.39, 0.29) is 0 Å². The average Bonchev–Trinajstić information content (AvgIpc) is 3.04. The molecule has 0 spiro atoms. The summed E-state index contributed by atoms with van der Waals surface area (Å²) >= 11 is 0. The highest BCUT2D eigenvalue weighted by molar-refractivity contribution is 5.78. The fourth-order valence-corrected chi connectivity index (χ4v) is 3.03. The van der Waals surface area contributed by atoms with E-state index >= 15 is 0 Å². The molecule has 2 atom stereocenters. The van der Waals surface area contributed by atoms with Crippen LogP contribution in [-0.4, -0.2) is 43.7 Å². The molecule has 1 heterocycles. The number of hydrogen-bond acceptors (Lipinski definition) is 2. The minimum Gasteiger partial charge on any atom is -0.378 e. The summed E-state index contributed by atoms with van der Waals surface area (Å²) < 4.78 is 5.31. The Hall–Kier alpha value is -0.770. The van der Waals surface area contributed by atoms with E-state index in [0.717, 1.165) is 56.6 Å². The van der Waals surface area contributed by atoms with E-state index in [0.29, 0.717) is 0 Å². The van der Waals surface area contributed by atoms with E-state index in [2.05, 4.69) is 9.89 Å². The first kappa shape index (κ1) is 11.3. The zero-order valence-corrected chi connectivity index (χ0v) is 10.5. The van der Waals surface area contributed by atoms with Gasteiger partial charge in [0.05, 0.1) is 13.2 Å². The number of ether oxygens (including phenoxy) is 1. The zero-order chi connectivity index (χ0) is 11.7. The van der Waals surface area contributed by atoms with Crippen LogP contribution in [0.1, 0.15) is 25.7 Å². The van der Waals surface area contributed by atoms with E-state index in [1.165, 1.54) is 25.7 Å². The van der Waals surface area contributed by atoms with Crippen LogP contribution in [0, 0.1) is 17.8 Å². The molecule has 0 bridgehead atoms. The Balaban J connectivity index is 1.43. The first-order valence-corrected chi connectivity index (χ1v) is 6.97. The molecular weight excluding hydrogens is 214 g/mol. The Kier molecular flexibility index (Phi) is 3.23. The summed E-state index contributed by atoms with van der Waals surface area (Å²) in [6, 6.07) is 0. The summed E-state index contributed by atoms with van der Waals surface area (Å²) in [5.41, 5.74) is 6.01. The summed E-state index contributed by atoms with van der Waals surface area (Å²) in [6.45, 7) is 4.30. The van der Waals surface area contributed by atoms with Crippen LogP contribution >= 0.6 is 0 Å². The molecule has 0 aromatic heterocycles. The van der Waals surface area contributed by atoms with Crippen molar-refractivity contribution in [1.82, 2.24) is 4.90 Å². The fourth-order valence-electron chi connectivity index (χ4n) is 3.03. The van der Waals surface area contributed by atoms with Gasteiger partial charge in [-0.15, -0.1) is 0 Å². The molecule has 17 heavy (non-hydrogen) atoms. The normalized spacial score (nSPS) is 34.6. The average molecular weight is 237 g/mol. The number of morpholine rings is 1. The number of rotatable bonds is 3. The van der Waals surface area contributed by atoms with Crippen molar-refractivity contribution in [2.24, 2.45) is 28.5 Å². The van der Waals surface area contributed by atoms with Crippen molar-refractivity contribution >= 4 is 5.96 Å². The topological polar surface area (TPSA) is 50.8 Å². The molecule has 0 radical (unpaired) electrons. The lowest BCUT2D eigenvalue weighted by molar-refractivity contribution is 0.0674. The number of hydrogen-bond donors (Lipinski definition) is 1. The van der Waals surface area contributed by atoms with Crippen molar-refractivity contribution in [3.05, 3.63) is 0 Å². The molecule has 3 rings (SSSR count). The molecule has 4 nitrogen and oxygen atoms in total. The predicted molar refractivity (Wildman–Crippen MR) is 67.8 cm³/mol. The van der Waals surface area contributed by atoms with Crippen molar-refractivity contribution in [3.63, 3.8) is 0 Å². The van der Waals surface area contributed by atoms with Gasteiger partial charge in [0.15, 0.2) is 5.96 Å². The maximum absolute atomic E-state index is 6.01. The second-order valence-electron chi connectivity index (χ2n) is 5.65. The van der Waals surface area contributed by atoms with Crippen LogP contribution in [0.2, 0.25) is 0 Å². The van der Waals surface area contributed by atoms with Crippen LogP contribution in [0.5, 0.6) is 0 Å². The van der Waals surface area contributed by atoms with Gasteiger partial charge in [-0.1, -0.05) is 19.3 Å². The van der Waals surface area contributed by atoms with Crippen molar-refractivity contribution in [2.45, 2.75) is 25.7 Å². The Morgan fingerprint density at radius 1 is 1.29 bits per heavy atom. The van der Waals surface area contributed by atoms with Crippen molar-refractivity contribution < 1.29 is 4.74 Å². The van der Waals surface area contributed by atoms with Gasteiger partial charge >= 0.3 is 0 Å². The Morgan fingerprint density at radius 3 is 2.71 bits per heavy atom. The smallest absolute Gasteiger partial charge is 0.191 e. The summed E-state index contributed by atoms with van der Waals surface area (Å²) in [7, 11) is 0. The quantitative estimate of drug-likeness (QED) is 0.590. The van der Waals surface area contributed by atoms with E-state index in [4.69, 9.17) is 10.5 Å². The Morgan fingerprint density at radius 2 is 2.06 bits per heavy atom. The largest absolute Gasteiger partial charge is 0.378 e. The third kappa shape index (κ3) is 2.57. The van der Waals surface area contributed by atoms with Gasteiger partial charge in [0.1, 0.15) is 0 Å². The lowest BCUT2D eigenvalue weighted by atomic mass is 9.81. The van der Waals surface area contributed by atoms with Gasteiger partial charge < -0.3 is 15.4 Å². The third-order valence-corrected chi connectivity index (χ3v) is 4.56. The van der Waals surface area contributed by atoms with Crippen LogP contribution in [0.3, 0.4) is 0 Å². The predicted octanol–water partition coefficient (Wildman–Crippen LogP) is 1.07. The van der Waals surface area contributed by atoms with Crippen molar-refractivity contribution in [2.75, 3.05) is 32.8 Å². The van der Waals surface area contributed by atoms with Crippen molar-refractivity contribution in [3.8, 4) is 0 Å². The van der Waals surface area contributed by atoms with E-state index < -0.39 is 0 Å². The van der Waals surface area contributed by atoms with Gasteiger partial charge in [0, 0.05) is 19.6 Å². The molecule has 1 aliphatic heterocycles. The van der Waals surface area contributed by atoms with E-state index in [1.54, 1.807) is 0 Å². The SMILES string of the molecule is NC(=NC[C@@H]1C[C@H]1C1CCC1)N1CCOCC1. The molecule has 2 aliphatic carbocycles. The first-order valence-electron chi connectivity index (χ1n) is 6.97. The van der Waals surface area contributed by atoms with Gasteiger partial charge in [0.25, 0.3) is 0 Å². The second-order valence-corrected chi connectivity index (χ2v) is 5.65. The van der Waals surface area contributed by atoms with Crippen LogP contribution in [0.4, 0.5) is 0 Å². The summed E-state index contributed by atoms with van der Waals surface area (Å²) in [6.07, 6.45) is 5.77. The van der Waals surface area contributed by atoms with Crippen LogP contribution < -0.4 is 5.73 Å². The molecule has 0 aromatic rings. The molecule has 2 saturated carbocycles. The lowest BCUT2D eigenvalue weighted by Gasteiger charge is -2.27. The minimum absolute atomic E-state index is 0.729. The van der Waals surface area contributed by atoms with Crippen LogP contribution in [0.15, 0.2) is 4.99 Å². The zero-order valence-electron chi connectivity index (χ0n) is 10.5. The maximum atomic E-state index is 6.01. The molecule has 0 aromatic carbocycles. The van der Waals surface area contributed by atoms with Gasteiger partial charge in [-0.05, 0) is 24.2 Å². The monoisotopic (exact) mass is 237 g/mol. The maximum Gasteiger partial charge on any atom is 0.191 e. The fraction of sp³-hybridized carbons (Fsp3) is 0.923. The molecule has 96 valence electrons. The lowest BCUT2D eigenvalue weighted by Crippen LogP contribution is -2.44. The molecule has 0 amide bonds. The molecule has 1 saturated heterocycles. The molecular formula is C13H23N3O. The van der Waals surface area contributed by atoms with Gasteiger partial charge in [-0.25, -0.2) is 0 Å². The highest BCUT2D eigenvalue weighted by Gasteiger charge is 2.44. The summed E-state index contributed by atoms with van der Waals surface area (Å²) in [5, 5.41) is 0. The molecule has 0 unspecified atom stereocenters. The Bertz CT molecular complexity index is 295. The number of aliphatic imine (C=N–C) groups is 1. The highest BCUT2D eigenvalue weighted by Crippen LogP contribution is 2.51. The van der Waals surface area contributed by atoms with Gasteiger partial charge in [0.2, 0.25) is 0 Å². The van der Waals surface area contributed by atoms with E-state index in [1.807, 2.05) is 0 Å². The van der Waals surface area contributed by atoms with Gasteiger partial charge in [-0.3, -0.25) is 4.99 Å². The molecule has 3 fully saturated rings.